The predicted octanol–water partition coefficient (Wildman–Crippen LogP) is 6.00. The minimum absolute atomic E-state index is 0.270. The number of hydrogen-bond donors (Lipinski definition) is 2. The second-order valence-corrected chi connectivity index (χ2v) is 8.53. The molecule has 11 heteroatoms. The van der Waals surface area contributed by atoms with Crippen LogP contribution in [0.25, 0.3) is 10.9 Å². The van der Waals surface area contributed by atoms with Crippen molar-refractivity contribution in [2.45, 2.75) is 13.5 Å². The number of carbonyl (C=O) groups is 1. The zero-order valence-electron chi connectivity index (χ0n) is 21.7. The standard InChI is InChI=1S/C29H25ClN6O4/c1-3-39-27-15-24-22(14-25(27)36-28(37)8-6-12-34-38-2)29(19(16-31)17-33-24)35-20-9-10-26(23(30)13-20)40-18-21-7-4-5-11-32-21/h4-15,17H,3,18H2,1-2H3,(H,33,35)(H,36,37)/b8-6+,34-12-. The molecule has 0 bridgehead atoms. The van der Waals surface area contributed by atoms with Crippen molar-refractivity contribution < 1.29 is 19.1 Å². The van der Waals surface area contributed by atoms with Gasteiger partial charge in [0.15, 0.2) is 0 Å². The number of nitrogens with zero attached hydrogens (tertiary/aromatic N) is 4. The summed E-state index contributed by atoms with van der Waals surface area (Å²) in [5.41, 5.74) is 3.16. The van der Waals surface area contributed by atoms with Gasteiger partial charge < -0.3 is 24.9 Å². The van der Waals surface area contributed by atoms with Crippen LogP contribution in [0.1, 0.15) is 18.2 Å². The van der Waals surface area contributed by atoms with E-state index in [4.69, 9.17) is 21.1 Å². The first kappa shape index (κ1) is 27.9. The van der Waals surface area contributed by atoms with E-state index in [1.807, 2.05) is 25.1 Å². The number of nitrogens with one attached hydrogen (secondary N) is 2. The van der Waals surface area contributed by atoms with E-state index in [-0.39, 0.29) is 6.61 Å². The molecule has 40 heavy (non-hydrogen) atoms. The lowest BCUT2D eigenvalue weighted by Crippen LogP contribution is -2.10. The number of hydrogen-bond acceptors (Lipinski definition) is 9. The highest BCUT2D eigenvalue weighted by atomic mass is 35.5. The van der Waals surface area contributed by atoms with Crippen LogP contribution >= 0.6 is 11.6 Å². The molecule has 4 rings (SSSR count). The molecule has 0 atom stereocenters. The topological polar surface area (TPSA) is 131 Å². The van der Waals surface area contributed by atoms with Crippen LogP contribution in [0.5, 0.6) is 11.5 Å². The Morgan fingerprint density at radius 3 is 2.75 bits per heavy atom. The van der Waals surface area contributed by atoms with E-state index in [1.165, 1.54) is 31.7 Å². The number of anilines is 3. The number of carbonyl (C=O) groups excluding carboxylic acids is 1. The molecule has 0 spiro atoms. The van der Waals surface area contributed by atoms with Gasteiger partial charge in [0.25, 0.3) is 0 Å². The number of amides is 1. The normalized spacial score (nSPS) is 10.9. The zero-order valence-corrected chi connectivity index (χ0v) is 22.5. The summed E-state index contributed by atoms with van der Waals surface area (Å²) in [5, 5.41) is 20.4. The van der Waals surface area contributed by atoms with Crippen LogP contribution < -0.4 is 20.1 Å². The van der Waals surface area contributed by atoms with E-state index in [2.05, 4.69) is 36.7 Å². The Hall–Kier alpha value is -5.14. The highest BCUT2D eigenvalue weighted by Gasteiger charge is 2.16. The number of aromatic nitrogens is 2. The molecule has 1 amide bonds. The second-order valence-electron chi connectivity index (χ2n) is 8.12. The Morgan fingerprint density at radius 2 is 2.02 bits per heavy atom. The fourth-order valence-electron chi connectivity index (χ4n) is 3.69. The summed E-state index contributed by atoms with van der Waals surface area (Å²) in [5.74, 6) is 0.519. The van der Waals surface area contributed by atoms with Gasteiger partial charge in [0, 0.05) is 35.6 Å². The van der Waals surface area contributed by atoms with E-state index in [1.54, 1.807) is 36.5 Å². The molecule has 202 valence electrons. The first-order valence-corrected chi connectivity index (χ1v) is 12.5. The van der Waals surface area contributed by atoms with Gasteiger partial charge in [0.05, 0.1) is 46.0 Å². The fourth-order valence-corrected chi connectivity index (χ4v) is 3.92. The van der Waals surface area contributed by atoms with Crippen molar-refractivity contribution in [2.75, 3.05) is 24.4 Å². The third kappa shape index (κ3) is 7.03. The van der Waals surface area contributed by atoms with Crippen molar-refractivity contribution in [3.8, 4) is 17.6 Å². The maximum absolute atomic E-state index is 12.5. The van der Waals surface area contributed by atoms with E-state index < -0.39 is 5.91 Å². The Balaban J connectivity index is 1.65. The molecule has 2 heterocycles. The molecule has 0 aliphatic heterocycles. The average Bonchev–Trinajstić information content (AvgIpc) is 2.96. The van der Waals surface area contributed by atoms with Crippen molar-refractivity contribution in [1.82, 2.24) is 9.97 Å². The van der Waals surface area contributed by atoms with E-state index in [0.717, 1.165) is 5.69 Å². The first-order valence-electron chi connectivity index (χ1n) is 12.2. The molecule has 2 N–H and O–H groups in total. The van der Waals surface area contributed by atoms with Gasteiger partial charge in [0.1, 0.15) is 31.3 Å². The van der Waals surface area contributed by atoms with Crippen LogP contribution in [0.15, 0.2) is 78.2 Å². The lowest BCUT2D eigenvalue weighted by atomic mass is 10.1. The lowest BCUT2D eigenvalue weighted by molar-refractivity contribution is -0.111. The minimum Gasteiger partial charge on any atom is -0.492 e. The highest BCUT2D eigenvalue weighted by molar-refractivity contribution is 6.32. The third-order valence-corrected chi connectivity index (χ3v) is 5.75. The van der Waals surface area contributed by atoms with Crippen molar-refractivity contribution in [3.05, 3.63) is 89.4 Å². The largest absolute Gasteiger partial charge is 0.492 e. The van der Waals surface area contributed by atoms with Crippen molar-refractivity contribution in [1.29, 1.82) is 5.26 Å². The summed E-state index contributed by atoms with van der Waals surface area (Å²) in [6.45, 7) is 2.48. The predicted molar refractivity (Wildman–Crippen MR) is 154 cm³/mol. The van der Waals surface area contributed by atoms with Crippen LogP contribution in [0.3, 0.4) is 0 Å². The van der Waals surface area contributed by atoms with Gasteiger partial charge in [-0.3, -0.25) is 14.8 Å². The molecule has 0 fully saturated rings. The third-order valence-electron chi connectivity index (χ3n) is 5.45. The summed E-state index contributed by atoms with van der Waals surface area (Å²) in [6.07, 6.45) is 7.25. The number of allylic oxidation sites excluding steroid dienone is 1. The van der Waals surface area contributed by atoms with Crippen LogP contribution in [0.2, 0.25) is 5.02 Å². The number of benzene rings is 2. The van der Waals surface area contributed by atoms with Gasteiger partial charge >= 0.3 is 0 Å². The number of oxime groups is 1. The van der Waals surface area contributed by atoms with Crippen LogP contribution in [0.4, 0.5) is 17.1 Å². The van der Waals surface area contributed by atoms with Crippen molar-refractivity contribution in [3.63, 3.8) is 0 Å². The van der Waals surface area contributed by atoms with E-state index >= 15 is 0 Å². The molecular formula is C29H25ClN6O4. The number of ether oxygens (including phenoxy) is 2. The number of fused-ring (bicyclic) bond motifs is 1. The van der Waals surface area contributed by atoms with Crippen molar-refractivity contribution >= 4 is 51.7 Å². The zero-order chi connectivity index (χ0) is 28.3. The summed E-state index contributed by atoms with van der Waals surface area (Å²) >= 11 is 6.50. The molecule has 0 aliphatic rings. The van der Waals surface area contributed by atoms with Gasteiger partial charge in [-0.1, -0.05) is 22.8 Å². The van der Waals surface area contributed by atoms with Gasteiger partial charge in [-0.2, -0.15) is 5.26 Å². The van der Waals surface area contributed by atoms with Crippen molar-refractivity contribution in [2.24, 2.45) is 5.16 Å². The van der Waals surface area contributed by atoms with Gasteiger partial charge in [-0.25, -0.2) is 0 Å². The lowest BCUT2D eigenvalue weighted by Gasteiger charge is -2.16. The van der Waals surface area contributed by atoms with Gasteiger partial charge in [-0.05, 0) is 49.4 Å². The number of pyridine rings is 2. The smallest absolute Gasteiger partial charge is 0.248 e. The molecule has 0 aliphatic carbocycles. The highest BCUT2D eigenvalue weighted by Crippen LogP contribution is 2.37. The molecule has 0 saturated carbocycles. The molecule has 2 aromatic heterocycles. The summed E-state index contributed by atoms with van der Waals surface area (Å²) < 4.78 is 11.6. The Labute approximate surface area is 235 Å². The van der Waals surface area contributed by atoms with Crippen LogP contribution in [-0.2, 0) is 16.2 Å². The summed E-state index contributed by atoms with van der Waals surface area (Å²) in [6, 6.07) is 16.4. The molecular weight excluding hydrogens is 532 g/mol. The first-order chi connectivity index (χ1) is 19.5. The molecule has 0 saturated heterocycles. The van der Waals surface area contributed by atoms with E-state index in [9.17, 15) is 10.1 Å². The molecule has 10 nitrogen and oxygen atoms in total. The molecule has 4 aromatic rings. The van der Waals surface area contributed by atoms with Gasteiger partial charge in [-0.15, -0.1) is 0 Å². The maximum Gasteiger partial charge on any atom is 0.248 e. The summed E-state index contributed by atoms with van der Waals surface area (Å²) in [4.78, 5) is 25.8. The van der Waals surface area contributed by atoms with Gasteiger partial charge in [0.2, 0.25) is 5.91 Å². The average molecular weight is 557 g/mol. The monoisotopic (exact) mass is 556 g/mol. The van der Waals surface area contributed by atoms with Crippen LogP contribution in [-0.4, -0.2) is 35.8 Å². The minimum atomic E-state index is -0.408. The number of halogens is 1. The molecule has 0 radical (unpaired) electrons. The second kappa shape index (κ2) is 13.6. The SMILES string of the molecule is CCOc1cc2ncc(C#N)c(Nc3ccc(OCc4ccccn4)c(Cl)c3)c2cc1NC(=O)/C=C/C=N\OC. The Bertz CT molecular complexity index is 1600. The molecule has 0 unspecified atom stereocenters. The van der Waals surface area contributed by atoms with E-state index in [0.29, 0.717) is 56.7 Å². The quantitative estimate of drug-likeness (QED) is 0.131. The Morgan fingerprint density at radius 1 is 1.15 bits per heavy atom. The maximum atomic E-state index is 12.5. The fraction of sp³-hybridized carbons (Fsp3) is 0.138. The summed E-state index contributed by atoms with van der Waals surface area (Å²) in [7, 11) is 1.41. The number of nitriles is 1. The number of rotatable bonds is 11. The molecule has 2 aromatic carbocycles. The Kier molecular flexibility index (Phi) is 9.48. The van der Waals surface area contributed by atoms with Crippen LogP contribution in [0, 0.1) is 11.3 Å².